The highest BCUT2D eigenvalue weighted by atomic mass is 16.6. The summed E-state index contributed by atoms with van der Waals surface area (Å²) in [4.78, 5) is 34.2. The van der Waals surface area contributed by atoms with Gasteiger partial charge in [0.25, 0.3) is 5.97 Å². The number of fused-ring (bicyclic) bond motifs is 1. The van der Waals surface area contributed by atoms with E-state index >= 15 is 0 Å². The van der Waals surface area contributed by atoms with Crippen molar-refractivity contribution in [2.75, 3.05) is 27.2 Å². The van der Waals surface area contributed by atoms with E-state index in [4.69, 9.17) is 14.6 Å². The van der Waals surface area contributed by atoms with Gasteiger partial charge in [-0.25, -0.2) is 4.79 Å². The van der Waals surface area contributed by atoms with E-state index in [-0.39, 0.29) is 18.0 Å². The number of alkyl carbamates (subject to hydrolysis) is 1. The molecule has 1 amide bonds. The zero-order chi connectivity index (χ0) is 20.8. The second-order valence-corrected chi connectivity index (χ2v) is 7.11. The van der Waals surface area contributed by atoms with Crippen molar-refractivity contribution in [1.29, 1.82) is 0 Å². The number of benzene rings is 1. The average molecular weight is 389 g/mol. The molecule has 2 aromatic rings. The summed E-state index contributed by atoms with van der Waals surface area (Å²) >= 11 is 0. The maximum absolute atomic E-state index is 11.9. The van der Waals surface area contributed by atoms with Crippen molar-refractivity contribution in [2.24, 2.45) is 0 Å². The summed E-state index contributed by atoms with van der Waals surface area (Å²) in [5, 5.41) is 11.3. The van der Waals surface area contributed by atoms with Crippen LogP contribution in [0.1, 0.15) is 29.8 Å². The van der Waals surface area contributed by atoms with Gasteiger partial charge in [0.05, 0.1) is 11.6 Å². The monoisotopic (exact) mass is 389 g/mol. The number of hydrogen-bond donors (Lipinski definition) is 2. The molecule has 2 heterocycles. The number of nitrogens with zero attached hydrogens (tertiary/aromatic N) is 2. The van der Waals surface area contributed by atoms with Gasteiger partial charge >= 0.3 is 6.09 Å². The van der Waals surface area contributed by atoms with E-state index in [0.717, 1.165) is 42.8 Å². The highest BCUT2D eigenvalue weighted by Crippen LogP contribution is 2.24. The van der Waals surface area contributed by atoms with Gasteiger partial charge in [0.2, 0.25) is 5.91 Å². The fraction of sp³-hybridized carbons (Fsp3) is 0.450. The second-order valence-electron chi connectivity index (χ2n) is 7.11. The molecular weight excluding hydrogens is 362 g/mol. The van der Waals surface area contributed by atoms with Gasteiger partial charge in [0, 0.05) is 32.0 Å². The van der Waals surface area contributed by atoms with E-state index in [1.165, 1.54) is 5.56 Å². The van der Waals surface area contributed by atoms with E-state index in [1.54, 1.807) is 11.5 Å². The van der Waals surface area contributed by atoms with Crippen LogP contribution in [0.3, 0.4) is 0 Å². The Kier molecular flexibility index (Phi) is 7.17. The van der Waals surface area contributed by atoms with Gasteiger partial charge < -0.3 is 20.1 Å². The smallest absolute Gasteiger partial charge is 0.407 e. The summed E-state index contributed by atoms with van der Waals surface area (Å²) in [6, 6.07) is 6.14. The largest absolute Gasteiger partial charge is 0.481 e. The highest BCUT2D eigenvalue weighted by Gasteiger charge is 2.22. The number of cyclic esters (lactones) is 1. The molecule has 0 radical (unpaired) electrons. The van der Waals surface area contributed by atoms with Crippen LogP contribution >= 0.6 is 0 Å². The Morgan fingerprint density at radius 2 is 2.00 bits per heavy atom. The van der Waals surface area contributed by atoms with Gasteiger partial charge in [-0.2, -0.15) is 0 Å². The molecule has 1 fully saturated rings. The van der Waals surface area contributed by atoms with Gasteiger partial charge in [0.1, 0.15) is 6.61 Å². The van der Waals surface area contributed by atoms with Gasteiger partial charge in [-0.1, -0.05) is 6.07 Å². The minimum Gasteiger partial charge on any atom is -0.481 e. The minimum atomic E-state index is -0.833. The van der Waals surface area contributed by atoms with Gasteiger partial charge in [-0.15, -0.1) is 0 Å². The molecule has 0 spiro atoms. The third kappa shape index (κ3) is 5.82. The average Bonchev–Trinajstić information content (AvgIpc) is 3.16. The Hall–Kier alpha value is -2.87. The molecule has 28 heavy (non-hydrogen) atoms. The first kappa shape index (κ1) is 21.4. The zero-order valence-corrected chi connectivity index (χ0v) is 16.7. The molecule has 1 unspecified atom stereocenters. The minimum absolute atomic E-state index is 0.00932. The summed E-state index contributed by atoms with van der Waals surface area (Å²) in [6.07, 6.45) is 3.20. The summed E-state index contributed by atoms with van der Waals surface area (Å²) in [7, 11) is 4.08. The van der Waals surface area contributed by atoms with Gasteiger partial charge in [-0.3, -0.25) is 14.2 Å². The second kappa shape index (κ2) is 9.36. The normalized spacial score (nSPS) is 15.8. The molecular formula is C20H27N3O5. The number of carboxylic acid groups (broad SMARTS) is 1. The fourth-order valence-corrected chi connectivity index (χ4v) is 3.10. The lowest BCUT2D eigenvalue weighted by atomic mass is 10.0. The van der Waals surface area contributed by atoms with Crippen molar-refractivity contribution in [3.05, 3.63) is 35.5 Å². The Labute approximate surface area is 164 Å². The molecule has 152 valence electrons. The summed E-state index contributed by atoms with van der Waals surface area (Å²) in [6.45, 7) is 3.99. The Morgan fingerprint density at radius 3 is 2.54 bits per heavy atom. The van der Waals surface area contributed by atoms with Crippen LogP contribution in [-0.2, 0) is 22.4 Å². The number of carboxylic acids is 1. The Balaban J connectivity index is 0.000000640. The SMILES string of the molecule is CC(=O)O.CC(=O)n1cc(CCN(C)C)c2cc(CC3COC(=O)N3)ccc21. The number of nitrogens with one attached hydrogen (secondary N) is 1. The number of ether oxygens (including phenoxy) is 1. The first-order valence-electron chi connectivity index (χ1n) is 9.08. The topological polar surface area (TPSA) is 101 Å². The van der Waals surface area contributed by atoms with E-state index in [0.29, 0.717) is 6.61 Å². The van der Waals surface area contributed by atoms with E-state index in [1.807, 2.05) is 32.4 Å². The van der Waals surface area contributed by atoms with Crippen LogP contribution < -0.4 is 5.32 Å². The maximum atomic E-state index is 11.9. The predicted molar refractivity (Wildman–Crippen MR) is 106 cm³/mol. The lowest BCUT2D eigenvalue weighted by Gasteiger charge is -2.10. The van der Waals surface area contributed by atoms with Crippen molar-refractivity contribution < 1.29 is 24.2 Å². The number of hydrogen-bond acceptors (Lipinski definition) is 5. The van der Waals surface area contributed by atoms with Crippen molar-refractivity contribution in [3.8, 4) is 0 Å². The molecule has 1 saturated heterocycles. The number of likely N-dealkylation sites (N-methyl/N-ethyl adjacent to an activating group) is 1. The van der Waals surface area contributed by atoms with Gasteiger partial charge in [-0.05, 0) is 50.2 Å². The van der Waals surface area contributed by atoms with E-state index < -0.39 is 5.97 Å². The molecule has 3 rings (SSSR count). The van der Waals surface area contributed by atoms with Crippen LogP contribution in [0.15, 0.2) is 24.4 Å². The number of aliphatic carboxylic acids is 1. The standard InChI is InChI=1S/C18H23N3O3.C2H4O2/c1-12(22)21-10-14(6-7-20(2)3)16-9-13(4-5-17(16)21)8-15-11-24-18(23)19-15;1-2(3)4/h4-5,9-10,15H,6-8,11H2,1-3H3,(H,19,23);1H3,(H,3,4). The molecule has 1 aromatic heterocycles. The van der Waals surface area contributed by atoms with Crippen LogP contribution in [0.2, 0.25) is 0 Å². The zero-order valence-electron chi connectivity index (χ0n) is 16.7. The molecule has 1 aromatic carbocycles. The number of rotatable bonds is 5. The van der Waals surface area contributed by atoms with E-state index in [9.17, 15) is 9.59 Å². The summed E-state index contributed by atoms with van der Waals surface area (Å²) in [5.41, 5.74) is 3.24. The van der Waals surface area contributed by atoms with Crippen LogP contribution in [0, 0.1) is 0 Å². The number of carbonyl (C=O) groups is 3. The van der Waals surface area contributed by atoms with Gasteiger partial charge in [0.15, 0.2) is 0 Å². The number of carbonyl (C=O) groups excluding carboxylic acids is 2. The molecule has 0 bridgehead atoms. The summed E-state index contributed by atoms with van der Waals surface area (Å²) in [5.74, 6) is -0.819. The van der Waals surface area contributed by atoms with Crippen molar-refractivity contribution in [3.63, 3.8) is 0 Å². The Morgan fingerprint density at radius 1 is 1.32 bits per heavy atom. The van der Waals surface area contributed by atoms with Crippen molar-refractivity contribution in [1.82, 2.24) is 14.8 Å². The maximum Gasteiger partial charge on any atom is 0.407 e. The lowest BCUT2D eigenvalue weighted by Crippen LogP contribution is -2.28. The van der Waals surface area contributed by atoms with Crippen molar-refractivity contribution >= 4 is 28.9 Å². The molecule has 1 atom stereocenters. The fourth-order valence-electron chi connectivity index (χ4n) is 3.10. The molecule has 1 aliphatic rings. The molecule has 8 heteroatoms. The Bertz CT molecular complexity index is 868. The summed E-state index contributed by atoms with van der Waals surface area (Å²) < 4.78 is 6.66. The molecule has 0 saturated carbocycles. The molecule has 8 nitrogen and oxygen atoms in total. The molecule has 2 N–H and O–H groups in total. The van der Waals surface area contributed by atoms with E-state index in [2.05, 4.69) is 16.3 Å². The third-order valence-electron chi connectivity index (χ3n) is 4.34. The van der Waals surface area contributed by atoms with Crippen LogP contribution in [0.4, 0.5) is 4.79 Å². The lowest BCUT2D eigenvalue weighted by molar-refractivity contribution is -0.134. The van der Waals surface area contributed by atoms with Crippen LogP contribution in [-0.4, -0.2) is 65.8 Å². The quantitative estimate of drug-likeness (QED) is 0.813. The van der Waals surface area contributed by atoms with Crippen LogP contribution in [0.25, 0.3) is 10.9 Å². The number of aromatic nitrogens is 1. The highest BCUT2D eigenvalue weighted by molar-refractivity contribution is 5.94. The first-order chi connectivity index (χ1) is 13.2. The first-order valence-corrected chi connectivity index (χ1v) is 9.08. The molecule has 1 aliphatic heterocycles. The predicted octanol–water partition coefficient (Wildman–Crippen LogP) is 2.15. The molecule has 0 aliphatic carbocycles. The third-order valence-corrected chi connectivity index (χ3v) is 4.34. The number of amides is 1. The van der Waals surface area contributed by atoms with Crippen LogP contribution in [0.5, 0.6) is 0 Å². The van der Waals surface area contributed by atoms with Crippen molar-refractivity contribution in [2.45, 2.75) is 32.7 Å².